The predicted molar refractivity (Wildman–Crippen MR) is 65.9 cm³/mol. The molecule has 1 aliphatic rings. The van der Waals surface area contributed by atoms with Crippen molar-refractivity contribution < 1.29 is 9.53 Å². The van der Waals surface area contributed by atoms with Gasteiger partial charge in [0.2, 0.25) is 5.91 Å². The zero-order valence-electron chi connectivity index (χ0n) is 11.0. The molecule has 1 amide bonds. The van der Waals surface area contributed by atoms with Gasteiger partial charge in [-0.15, -0.1) is 10.2 Å². The van der Waals surface area contributed by atoms with Crippen molar-refractivity contribution in [2.24, 2.45) is 7.05 Å². The molecule has 1 aromatic rings. The fourth-order valence-electron chi connectivity index (χ4n) is 2.11. The summed E-state index contributed by atoms with van der Waals surface area (Å²) in [6.45, 7) is 3.43. The molecule has 1 atom stereocenters. The van der Waals surface area contributed by atoms with Gasteiger partial charge in [0.15, 0.2) is 0 Å². The Hall–Kier alpha value is -1.43. The Kier molecular flexibility index (Phi) is 3.96. The van der Waals surface area contributed by atoms with Crippen LogP contribution in [0, 0.1) is 0 Å². The summed E-state index contributed by atoms with van der Waals surface area (Å²) < 4.78 is 7.45. The first-order valence-corrected chi connectivity index (χ1v) is 6.33. The second-order valence-corrected chi connectivity index (χ2v) is 5.04. The molecule has 0 aromatic carbocycles. The zero-order valence-corrected chi connectivity index (χ0v) is 11.0. The van der Waals surface area contributed by atoms with Crippen LogP contribution in [0.3, 0.4) is 0 Å². The van der Waals surface area contributed by atoms with E-state index < -0.39 is 0 Å². The smallest absolute Gasteiger partial charge is 0.220 e. The highest BCUT2D eigenvalue weighted by Gasteiger charge is 2.29. The van der Waals surface area contributed by atoms with Crippen molar-refractivity contribution in [2.75, 3.05) is 13.2 Å². The van der Waals surface area contributed by atoms with Gasteiger partial charge in [-0.2, -0.15) is 0 Å². The Bertz CT molecular complexity index is 410. The van der Waals surface area contributed by atoms with Gasteiger partial charge in [0.1, 0.15) is 12.2 Å². The topological polar surface area (TPSA) is 69.0 Å². The molecule has 0 spiro atoms. The second-order valence-electron chi connectivity index (χ2n) is 5.04. The first-order valence-electron chi connectivity index (χ1n) is 6.33. The van der Waals surface area contributed by atoms with Crippen LogP contribution >= 0.6 is 0 Å². The number of nitrogens with one attached hydrogen (secondary N) is 1. The van der Waals surface area contributed by atoms with E-state index in [1.54, 1.807) is 6.33 Å². The lowest BCUT2D eigenvalue weighted by Gasteiger charge is -2.23. The molecule has 1 aromatic heterocycles. The molecule has 1 aliphatic heterocycles. The van der Waals surface area contributed by atoms with E-state index in [9.17, 15) is 4.79 Å². The van der Waals surface area contributed by atoms with Crippen LogP contribution in [-0.2, 0) is 23.0 Å². The van der Waals surface area contributed by atoms with Crippen molar-refractivity contribution in [3.05, 3.63) is 12.2 Å². The van der Waals surface area contributed by atoms with E-state index in [1.807, 2.05) is 18.5 Å². The summed E-state index contributed by atoms with van der Waals surface area (Å²) in [5.74, 6) is 0.864. The minimum Gasteiger partial charge on any atom is -0.373 e. The van der Waals surface area contributed by atoms with E-state index in [4.69, 9.17) is 4.74 Å². The van der Waals surface area contributed by atoms with Crippen molar-refractivity contribution in [1.82, 2.24) is 20.1 Å². The Labute approximate surface area is 107 Å². The molecule has 100 valence electrons. The highest BCUT2D eigenvalue weighted by molar-refractivity contribution is 5.76. The Balaban J connectivity index is 1.71. The first kappa shape index (κ1) is 13.0. The Morgan fingerprint density at radius 3 is 3.11 bits per heavy atom. The highest BCUT2D eigenvalue weighted by Crippen LogP contribution is 2.23. The number of hydrogen-bond donors (Lipinski definition) is 1. The second kappa shape index (κ2) is 5.48. The van der Waals surface area contributed by atoms with Crippen LogP contribution in [0.2, 0.25) is 0 Å². The fraction of sp³-hybridized carbons (Fsp3) is 0.750. The number of aryl methyl sites for hydroxylation is 2. The lowest BCUT2D eigenvalue weighted by atomic mass is 10.0. The predicted octanol–water partition coefficient (Wildman–Crippen LogP) is 0.433. The van der Waals surface area contributed by atoms with Gasteiger partial charge in [0.25, 0.3) is 0 Å². The molecular formula is C12H20N4O2. The van der Waals surface area contributed by atoms with Crippen LogP contribution in [0.5, 0.6) is 0 Å². The normalized spacial score (nSPS) is 23.2. The average Bonchev–Trinajstić information content (AvgIpc) is 2.94. The lowest BCUT2D eigenvalue weighted by Crippen LogP contribution is -2.40. The maximum atomic E-state index is 11.7. The Morgan fingerprint density at radius 2 is 2.50 bits per heavy atom. The van der Waals surface area contributed by atoms with E-state index in [1.165, 1.54) is 0 Å². The summed E-state index contributed by atoms with van der Waals surface area (Å²) in [7, 11) is 1.88. The molecule has 0 radical (unpaired) electrons. The number of carbonyl (C=O) groups excluding carboxylic acids is 1. The average molecular weight is 252 g/mol. The van der Waals surface area contributed by atoms with Crippen molar-refractivity contribution in [3.63, 3.8) is 0 Å². The maximum Gasteiger partial charge on any atom is 0.220 e. The molecule has 1 N–H and O–H groups in total. The third-order valence-electron chi connectivity index (χ3n) is 3.34. The third kappa shape index (κ3) is 3.29. The maximum absolute atomic E-state index is 11.7. The number of rotatable bonds is 5. The number of amides is 1. The molecule has 1 saturated heterocycles. The first-order chi connectivity index (χ1) is 8.59. The van der Waals surface area contributed by atoms with Gasteiger partial charge in [-0.05, 0) is 19.8 Å². The molecule has 2 heterocycles. The van der Waals surface area contributed by atoms with Crippen LogP contribution < -0.4 is 5.32 Å². The van der Waals surface area contributed by atoms with Crippen molar-refractivity contribution in [1.29, 1.82) is 0 Å². The van der Waals surface area contributed by atoms with Crippen LogP contribution in [0.4, 0.5) is 0 Å². The van der Waals surface area contributed by atoms with Gasteiger partial charge >= 0.3 is 0 Å². The van der Waals surface area contributed by atoms with Crippen LogP contribution in [0.25, 0.3) is 0 Å². The molecule has 18 heavy (non-hydrogen) atoms. The summed E-state index contributed by atoms with van der Waals surface area (Å²) in [5.41, 5.74) is -0.180. The van der Waals surface area contributed by atoms with Crippen molar-refractivity contribution in [2.45, 2.75) is 38.2 Å². The van der Waals surface area contributed by atoms with Crippen LogP contribution in [-0.4, -0.2) is 39.4 Å². The minimum absolute atomic E-state index is 0.0368. The molecule has 2 rings (SSSR count). The van der Waals surface area contributed by atoms with Crippen molar-refractivity contribution in [3.8, 4) is 0 Å². The fourth-order valence-corrected chi connectivity index (χ4v) is 2.11. The van der Waals surface area contributed by atoms with E-state index in [-0.39, 0.29) is 11.5 Å². The lowest BCUT2D eigenvalue weighted by molar-refractivity contribution is -0.122. The number of hydrogen-bond acceptors (Lipinski definition) is 4. The minimum atomic E-state index is -0.180. The van der Waals surface area contributed by atoms with Gasteiger partial charge in [0, 0.05) is 33.0 Å². The standard InChI is InChI=1S/C12H20N4O2/c1-12(6-3-7-18-12)8-13-11(17)5-4-10-15-14-9-16(10)2/h9H,3-8H2,1-2H3,(H,13,17)/t12-/m1/s1. The summed E-state index contributed by atoms with van der Waals surface area (Å²) in [5, 5.41) is 10.7. The molecule has 1 fully saturated rings. The number of nitrogens with zero attached hydrogens (tertiary/aromatic N) is 3. The quantitative estimate of drug-likeness (QED) is 0.825. The van der Waals surface area contributed by atoms with Gasteiger partial charge in [-0.25, -0.2) is 0 Å². The van der Waals surface area contributed by atoms with E-state index in [0.29, 0.717) is 19.4 Å². The SMILES string of the molecule is Cn1cnnc1CCC(=O)NC[C@@]1(C)CCCO1. The summed E-state index contributed by atoms with van der Waals surface area (Å²) in [6, 6.07) is 0. The van der Waals surface area contributed by atoms with E-state index >= 15 is 0 Å². The van der Waals surface area contributed by atoms with Gasteiger partial charge in [-0.3, -0.25) is 4.79 Å². The van der Waals surface area contributed by atoms with E-state index in [2.05, 4.69) is 15.5 Å². The van der Waals surface area contributed by atoms with Gasteiger partial charge in [0.05, 0.1) is 5.60 Å². The molecular weight excluding hydrogens is 232 g/mol. The number of carbonyl (C=O) groups is 1. The Morgan fingerprint density at radius 1 is 1.67 bits per heavy atom. The number of ether oxygens (including phenoxy) is 1. The largest absolute Gasteiger partial charge is 0.373 e. The summed E-state index contributed by atoms with van der Waals surface area (Å²) >= 11 is 0. The molecule has 0 aliphatic carbocycles. The number of aromatic nitrogens is 3. The molecule has 0 unspecified atom stereocenters. The molecule has 0 bridgehead atoms. The molecule has 6 nitrogen and oxygen atoms in total. The van der Waals surface area contributed by atoms with Crippen LogP contribution in [0.1, 0.15) is 32.0 Å². The van der Waals surface area contributed by atoms with Crippen molar-refractivity contribution >= 4 is 5.91 Å². The van der Waals surface area contributed by atoms with Gasteiger partial charge < -0.3 is 14.6 Å². The summed E-state index contributed by atoms with van der Waals surface area (Å²) in [4.78, 5) is 11.7. The van der Waals surface area contributed by atoms with Crippen LogP contribution in [0.15, 0.2) is 6.33 Å². The summed E-state index contributed by atoms with van der Waals surface area (Å²) in [6.07, 6.45) is 4.77. The highest BCUT2D eigenvalue weighted by atomic mass is 16.5. The zero-order chi connectivity index (χ0) is 13.0. The monoisotopic (exact) mass is 252 g/mol. The molecule has 6 heteroatoms. The van der Waals surface area contributed by atoms with E-state index in [0.717, 1.165) is 25.3 Å². The molecule has 0 saturated carbocycles. The third-order valence-corrected chi connectivity index (χ3v) is 3.34. The van der Waals surface area contributed by atoms with Gasteiger partial charge in [-0.1, -0.05) is 0 Å².